The summed E-state index contributed by atoms with van der Waals surface area (Å²) in [7, 11) is 0. The van der Waals surface area contributed by atoms with E-state index in [-0.39, 0.29) is 34.0 Å². The second-order valence-corrected chi connectivity index (χ2v) is 4.86. The first-order chi connectivity index (χ1) is 10.8. The maximum absolute atomic E-state index is 8.46. The Bertz CT molecular complexity index is 588. The Morgan fingerprint density at radius 2 is 1.25 bits per heavy atom. The third-order valence-electron chi connectivity index (χ3n) is 3.30. The van der Waals surface area contributed by atoms with Crippen molar-refractivity contribution in [1.82, 2.24) is 0 Å². The van der Waals surface area contributed by atoms with Crippen LogP contribution in [0.4, 0.5) is 0 Å². The molecular formula is C16H20Br2N4O2. The highest BCUT2D eigenvalue weighted by molar-refractivity contribution is 5.82. The van der Waals surface area contributed by atoms with Gasteiger partial charge in [0.25, 0.3) is 0 Å². The molecule has 2 rings (SSSR count). The molecule has 0 radical (unpaired) electrons. The first-order valence-corrected chi connectivity index (χ1v) is 7.11. The Kier molecular flexibility index (Phi) is 11.7. The van der Waals surface area contributed by atoms with E-state index in [0.717, 1.165) is 37.1 Å². The summed E-state index contributed by atoms with van der Waals surface area (Å²) in [5.74, 6) is 0. The van der Waals surface area contributed by atoms with Gasteiger partial charge in [-0.25, -0.2) is 9.15 Å². The van der Waals surface area contributed by atoms with Gasteiger partial charge >= 0.3 is 0 Å². The summed E-state index contributed by atoms with van der Waals surface area (Å²) in [6.45, 7) is 1.57. The highest BCUT2D eigenvalue weighted by Gasteiger charge is 2.06. The minimum atomic E-state index is 0. The summed E-state index contributed by atoms with van der Waals surface area (Å²) in [4.78, 5) is 0. The maximum Gasteiger partial charge on any atom is 0.169 e. The van der Waals surface area contributed by atoms with E-state index in [1.165, 1.54) is 12.4 Å². The Balaban J connectivity index is 0.00000264. The molecule has 0 aromatic rings. The number of hydrogen-bond acceptors (Lipinski definition) is 4. The first kappa shape index (κ1) is 22.2. The van der Waals surface area contributed by atoms with Crippen molar-refractivity contribution in [2.24, 2.45) is 10.3 Å². The lowest BCUT2D eigenvalue weighted by molar-refractivity contribution is -0.444. The predicted molar refractivity (Wildman–Crippen MR) is 86.6 cm³/mol. The third-order valence-corrected chi connectivity index (χ3v) is 3.30. The van der Waals surface area contributed by atoms with Crippen molar-refractivity contribution in [2.75, 3.05) is 13.1 Å². The molecule has 0 amide bonds. The Labute approximate surface area is 162 Å². The van der Waals surface area contributed by atoms with Crippen LogP contribution in [-0.4, -0.2) is 57.5 Å². The van der Waals surface area contributed by atoms with Crippen LogP contribution in [-0.2, 0) is 0 Å². The van der Waals surface area contributed by atoms with E-state index in [2.05, 4.69) is 31.9 Å². The van der Waals surface area contributed by atoms with E-state index < -0.39 is 0 Å². The molecule has 0 spiro atoms. The fourth-order valence-electron chi connectivity index (χ4n) is 2.12. The Morgan fingerprint density at radius 3 is 1.54 bits per heavy atom. The maximum atomic E-state index is 8.46. The van der Waals surface area contributed by atoms with Crippen LogP contribution >= 0.6 is 0 Å². The normalized spacial score (nSPS) is 20.2. The van der Waals surface area contributed by atoms with E-state index in [9.17, 15) is 0 Å². The van der Waals surface area contributed by atoms with Gasteiger partial charge < -0.3 is 44.4 Å². The van der Waals surface area contributed by atoms with Gasteiger partial charge in [0.15, 0.2) is 25.5 Å². The molecule has 2 heterocycles. The smallest absolute Gasteiger partial charge is 0.169 e. The topological polar surface area (TPSA) is 71.2 Å². The summed E-state index contributed by atoms with van der Waals surface area (Å²) >= 11 is 0. The molecule has 0 aromatic carbocycles. The molecule has 0 saturated carbocycles. The van der Waals surface area contributed by atoms with Crippen LogP contribution in [0.2, 0.25) is 0 Å². The van der Waals surface area contributed by atoms with Gasteiger partial charge in [0.2, 0.25) is 0 Å². The van der Waals surface area contributed by atoms with E-state index in [0.29, 0.717) is 0 Å². The van der Waals surface area contributed by atoms with Gasteiger partial charge in [-0.2, -0.15) is 0 Å². The first-order valence-electron chi connectivity index (χ1n) is 7.11. The largest absolute Gasteiger partial charge is 1.00 e. The summed E-state index contributed by atoms with van der Waals surface area (Å²) in [5.41, 5.74) is 1.82. The van der Waals surface area contributed by atoms with Gasteiger partial charge in [0, 0.05) is 36.1 Å². The number of nitrogens with zero attached hydrogens (tertiary/aromatic N) is 4. The van der Waals surface area contributed by atoms with Crippen LogP contribution in [0, 0.1) is 0 Å². The fourth-order valence-corrected chi connectivity index (χ4v) is 2.12. The van der Waals surface area contributed by atoms with E-state index in [4.69, 9.17) is 10.4 Å². The number of oxime groups is 2. The van der Waals surface area contributed by atoms with Crippen LogP contribution in [0.1, 0.15) is 12.8 Å². The number of halogens is 2. The SMILES string of the molecule is ON=CC1=CC[N+](=CCCC=[N+]2C=CC(C=NO)=CC2)C=C1.[Br-].[Br-]. The molecule has 0 atom stereocenters. The van der Waals surface area contributed by atoms with Crippen LogP contribution in [0.3, 0.4) is 0 Å². The van der Waals surface area contributed by atoms with Crippen molar-refractivity contribution in [3.05, 3.63) is 47.9 Å². The lowest BCUT2D eigenvalue weighted by atomic mass is 10.2. The lowest BCUT2D eigenvalue weighted by Gasteiger charge is -2.01. The zero-order chi connectivity index (χ0) is 15.6. The zero-order valence-corrected chi connectivity index (χ0v) is 16.2. The van der Waals surface area contributed by atoms with Crippen molar-refractivity contribution in [2.45, 2.75) is 12.8 Å². The van der Waals surface area contributed by atoms with Crippen LogP contribution in [0.15, 0.2) is 58.2 Å². The van der Waals surface area contributed by atoms with Gasteiger partial charge in [-0.1, -0.05) is 10.3 Å². The van der Waals surface area contributed by atoms with E-state index >= 15 is 0 Å². The van der Waals surface area contributed by atoms with Crippen molar-refractivity contribution in [3.63, 3.8) is 0 Å². The van der Waals surface area contributed by atoms with Gasteiger partial charge in [-0.05, 0) is 12.2 Å². The molecule has 0 saturated heterocycles. The highest BCUT2D eigenvalue weighted by Crippen LogP contribution is 2.02. The second kappa shape index (κ2) is 12.6. The summed E-state index contributed by atoms with van der Waals surface area (Å²) in [5, 5.41) is 22.9. The molecule has 130 valence electrons. The fraction of sp³-hybridized carbons (Fsp3) is 0.250. The standard InChI is InChI=1S/C16H18N4O2.2BrH/c21-17-13-15-3-9-19(10-4-15)7-1-2-8-20-11-5-16(6-12-20)14-18-22;;/h3-9,11,13-14H,1-2,10,12H2;2*1H. The summed E-state index contributed by atoms with van der Waals surface area (Å²) in [6, 6.07) is 0. The molecule has 8 heteroatoms. The second-order valence-electron chi connectivity index (χ2n) is 4.86. The molecule has 0 unspecified atom stereocenters. The van der Waals surface area contributed by atoms with Crippen molar-refractivity contribution in [3.8, 4) is 0 Å². The van der Waals surface area contributed by atoms with Gasteiger partial charge in [0.1, 0.15) is 12.4 Å². The van der Waals surface area contributed by atoms with Crippen LogP contribution in [0.5, 0.6) is 0 Å². The highest BCUT2D eigenvalue weighted by atomic mass is 79.9. The minimum Gasteiger partial charge on any atom is -1.00 e. The molecule has 0 bridgehead atoms. The monoisotopic (exact) mass is 458 g/mol. The molecule has 0 aromatic heterocycles. The average molecular weight is 460 g/mol. The van der Waals surface area contributed by atoms with Crippen molar-refractivity contribution < 1.29 is 53.5 Å². The number of rotatable bonds is 5. The summed E-state index contributed by atoms with van der Waals surface area (Å²) in [6.07, 6.45) is 20.8. The number of allylic oxidation sites excluding steroid dienone is 4. The van der Waals surface area contributed by atoms with Crippen molar-refractivity contribution in [1.29, 1.82) is 0 Å². The number of hydrogen-bond donors (Lipinski definition) is 2. The van der Waals surface area contributed by atoms with E-state index in [1.807, 2.05) is 36.7 Å². The average Bonchev–Trinajstić information content (AvgIpc) is 2.55. The van der Waals surface area contributed by atoms with E-state index in [1.54, 1.807) is 0 Å². The van der Waals surface area contributed by atoms with Gasteiger partial charge in [-0.3, -0.25) is 0 Å². The summed E-state index contributed by atoms with van der Waals surface area (Å²) < 4.78 is 4.20. The third kappa shape index (κ3) is 7.65. The lowest BCUT2D eigenvalue weighted by Crippen LogP contribution is -3.00. The van der Waals surface area contributed by atoms with Crippen LogP contribution in [0.25, 0.3) is 0 Å². The molecule has 2 aliphatic rings. The quantitative estimate of drug-likeness (QED) is 0.144. The van der Waals surface area contributed by atoms with Gasteiger partial charge in [0.05, 0.1) is 12.4 Å². The number of unbranched alkanes of at least 4 members (excludes halogenated alkanes) is 1. The molecule has 0 aliphatic carbocycles. The molecule has 2 N–H and O–H groups in total. The predicted octanol–water partition coefficient (Wildman–Crippen LogP) is -4.23. The molecule has 0 fully saturated rings. The Hall–Kier alpha value is -1.80. The molecular weight excluding hydrogens is 440 g/mol. The molecule has 2 aliphatic heterocycles. The zero-order valence-electron chi connectivity index (χ0n) is 13.0. The van der Waals surface area contributed by atoms with Crippen LogP contribution < -0.4 is 34.0 Å². The molecule has 6 nitrogen and oxygen atoms in total. The Morgan fingerprint density at radius 1 is 0.833 bits per heavy atom. The van der Waals surface area contributed by atoms with Gasteiger partial charge in [-0.15, -0.1) is 0 Å². The van der Waals surface area contributed by atoms with Crippen molar-refractivity contribution >= 4 is 24.9 Å². The minimum absolute atomic E-state index is 0. The molecule has 24 heavy (non-hydrogen) atoms.